The van der Waals surface area contributed by atoms with Gasteiger partial charge in [0.25, 0.3) is 5.91 Å². The largest absolute Gasteiger partial charge is 0.383 e. The van der Waals surface area contributed by atoms with Gasteiger partial charge in [0.15, 0.2) is 5.13 Å². The number of carbonyl (C=O) groups excluding carboxylic acids is 1. The zero-order valence-electron chi connectivity index (χ0n) is 12.7. The summed E-state index contributed by atoms with van der Waals surface area (Å²) in [6, 6.07) is 2.90. The van der Waals surface area contributed by atoms with Crippen LogP contribution in [0.5, 0.6) is 0 Å². The quantitative estimate of drug-likeness (QED) is 0.755. The number of hydrogen-bond donors (Lipinski definition) is 3. The highest BCUT2D eigenvalue weighted by Crippen LogP contribution is 2.23. The van der Waals surface area contributed by atoms with E-state index in [4.69, 9.17) is 0 Å². The highest BCUT2D eigenvalue weighted by molar-refractivity contribution is 7.13. The number of thiazole rings is 1. The van der Waals surface area contributed by atoms with E-state index < -0.39 is 23.1 Å². The second-order valence-electron chi connectivity index (χ2n) is 5.15. The molecule has 2 rings (SSSR count). The molecule has 23 heavy (non-hydrogen) atoms. The fourth-order valence-corrected chi connectivity index (χ4v) is 2.74. The van der Waals surface area contributed by atoms with Crippen LogP contribution in [0.25, 0.3) is 0 Å². The van der Waals surface area contributed by atoms with Crippen molar-refractivity contribution in [2.24, 2.45) is 0 Å². The molecule has 0 spiro atoms. The number of carbonyl (C=O) groups is 1. The average Bonchev–Trinajstić information content (AvgIpc) is 2.93. The van der Waals surface area contributed by atoms with E-state index in [0.717, 1.165) is 12.1 Å². The van der Waals surface area contributed by atoms with E-state index in [1.807, 2.05) is 6.92 Å². The van der Waals surface area contributed by atoms with Gasteiger partial charge in [-0.25, -0.2) is 13.8 Å². The first-order chi connectivity index (χ1) is 10.8. The van der Waals surface area contributed by atoms with Gasteiger partial charge in [-0.3, -0.25) is 4.79 Å². The topological polar surface area (TPSA) is 74.2 Å². The summed E-state index contributed by atoms with van der Waals surface area (Å²) < 4.78 is 26.7. The monoisotopic (exact) mass is 341 g/mol. The van der Waals surface area contributed by atoms with Crippen LogP contribution in [0, 0.1) is 11.6 Å². The first kappa shape index (κ1) is 17.3. The molecular formula is C15H17F2N3O2S. The first-order valence-electron chi connectivity index (χ1n) is 6.99. The van der Waals surface area contributed by atoms with Crippen molar-refractivity contribution in [3.05, 3.63) is 46.5 Å². The van der Waals surface area contributed by atoms with Crippen molar-refractivity contribution in [2.45, 2.75) is 19.4 Å². The Morgan fingerprint density at radius 1 is 1.43 bits per heavy atom. The molecule has 1 aromatic carbocycles. The molecule has 0 aliphatic heterocycles. The molecule has 124 valence electrons. The predicted molar refractivity (Wildman–Crippen MR) is 84.5 cm³/mol. The van der Waals surface area contributed by atoms with Crippen molar-refractivity contribution in [3.63, 3.8) is 0 Å². The second-order valence-corrected chi connectivity index (χ2v) is 6.01. The summed E-state index contributed by atoms with van der Waals surface area (Å²) in [4.78, 5) is 16.1. The van der Waals surface area contributed by atoms with Crippen LogP contribution in [0.3, 0.4) is 0 Å². The molecule has 0 saturated heterocycles. The molecule has 0 bridgehead atoms. The van der Waals surface area contributed by atoms with Gasteiger partial charge in [-0.2, -0.15) is 0 Å². The third kappa shape index (κ3) is 4.23. The number of nitrogens with zero attached hydrogens (tertiary/aromatic N) is 1. The lowest BCUT2D eigenvalue weighted by Crippen LogP contribution is -2.39. The van der Waals surface area contributed by atoms with Gasteiger partial charge >= 0.3 is 0 Å². The summed E-state index contributed by atoms with van der Waals surface area (Å²) in [5.41, 5.74) is -1.55. The lowest BCUT2D eigenvalue weighted by molar-refractivity contribution is 0.0493. The van der Waals surface area contributed by atoms with E-state index in [9.17, 15) is 18.7 Å². The summed E-state index contributed by atoms with van der Waals surface area (Å²) in [6.45, 7) is 3.71. The maximum absolute atomic E-state index is 13.7. The van der Waals surface area contributed by atoms with Gasteiger partial charge in [-0.05, 0) is 19.9 Å². The SMILES string of the molecule is CCNc1nc(C(=O)NCC(C)(O)c2ccc(F)cc2F)cs1. The Morgan fingerprint density at radius 3 is 2.83 bits per heavy atom. The number of aliphatic hydroxyl groups is 1. The molecule has 3 N–H and O–H groups in total. The van der Waals surface area contributed by atoms with E-state index in [1.165, 1.54) is 18.3 Å². The minimum Gasteiger partial charge on any atom is -0.383 e. The Bertz CT molecular complexity index is 704. The molecule has 1 aromatic heterocycles. The molecule has 1 atom stereocenters. The molecule has 5 nitrogen and oxygen atoms in total. The fraction of sp³-hybridized carbons (Fsp3) is 0.333. The summed E-state index contributed by atoms with van der Waals surface area (Å²) in [6.07, 6.45) is 0. The lowest BCUT2D eigenvalue weighted by Gasteiger charge is -2.24. The average molecular weight is 341 g/mol. The Kier molecular flexibility index (Phi) is 5.27. The number of benzene rings is 1. The molecule has 0 fully saturated rings. The fourth-order valence-electron chi connectivity index (χ4n) is 1.97. The minimum absolute atomic E-state index is 0.0918. The molecule has 1 heterocycles. The molecule has 0 aliphatic rings. The number of aromatic nitrogens is 1. The highest BCUT2D eigenvalue weighted by atomic mass is 32.1. The second kappa shape index (κ2) is 7.01. The van der Waals surface area contributed by atoms with Crippen molar-refractivity contribution in [2.75, 3.05) is 18.4 Å². The molecule has 1 amide bonds. The van der Waals surface area contributed by atoms with Crippen molar-refractivity contribution in [1.82, 2.24) is 10.3 Å². The van der Waals surface area contributed by atoms with Crippen LogP contribution in [-0.4, -0.2) is 29.1 Å². The van der Waals surface area contributed by atoms with Gasteiger partial charge in [-0.1, -0.05) is 6.07 Å². The first-order valence-corrected chi connectivity index (χ1v) is 7.87. The van der Waals surface area contributed by atoms with E-state index in [0.29, 0.717) is 17.7 Å². The zero-order chi connectivity index (χ0) is 17.0. The van der Waals surface area contributed by atoms with Crippen molar-refractivity contribution < 1.29 is 18.7 Å². The predicted octanol–water partition coefficient (Wildman–Crippen LogP) is 2.49. The number of hydrogen-bond acceptors (Lipinski definition) is 5. The van der Waals surface area contributed by atoms with Crippen molar-refractivity contribution >= 4 is 22.4 Å². The van der Waals surface area contributed by atoms with Gasteiger partial charge in [0.2, 0.25) is 0 Å². The molecule has 0 aliphatic carbocycles. The Labute approximate surface area is 136 Å². The lowest BCUT2D eigenvalue weighted by atomic mass is 9.95. The third-order valence-electron chi connectivity index (χ3n) is 3.17. The highest BCUT2D eigenvalue weighted by Gasteiger charge is 2.28. The van der Waals surface area contributed by atoms with Crippen molar-refractivity contribution in [3.8, 4) is 0 Å². The number of anilines is 1. The summed E-state index contributed by atoms with van der Waals surface area (Å²) in [5.74, 6) is -2.08. The molecule has 8 heteroatoms. The Morgan fingerprint density at radius 2 is 2.17 bits per heavy atom. The summed E-state index contributed by atoms with van der Waals surface area (Å²) >= 11 is 1.29. The zero-order valence-corrected chi connectivity index (χ0v) is 13.5. The van der Waals surface area contributed by atoms with Crippen LogP contribution in [0.4, 0.5) is 13.9 Å². The number of amides is 1. The molecule has 2 aromatic rings. The molecule has 0 saturated carbocycles. The van der Waals surface area contributed by atoms with E-state index >= 15 is 0 Å². The van der Waals surface area contributed by atoms with Crippen LogP contribution in [-0.2, 0) is 5.60 Å². The maximum atomic E-state index is 13.7. The van der Waals surface area contributed by atoms with Gasteiger partial charge in [0.1, 0.15) is 22.9 Å². The number of nitrogens with one attached hydrogen (secondary N) is 2. The standard InChI is InChI=1S/C15H17F2N3O2S/c1-3-18-14-20-12(7-23-14)13(21)19-8-15(2,22)10-5-4-9(16)6-11(10)17/h4-7,22H,3,8H2,1-2H3,(H,18,20)(H,19,21). The van der Waals surface area contributed by atoms with Gasteiger partial charge in [-0.15, -0.1) is 11.3 Å². The number of halogens is 2. The Hall–Kier alpha value is -2.06. The molecule has 0 radical (unpaired) electrons. The van der Waals surface area contributed by atoms with Gasteiger partial charge in [0, 0.05) is 23.6 Å². The van der Waals surface area contributed by atoms with Gasteiger partial charge in [0.05, 0.1) is 6.54 Å². The maximum Gasteiger partial charge on any atom is 0.270 e. The summed E-state index contributed by atoms with van der Waals surface area (Å²) in [5, 5.41) is 18.0. The van der Waals surface area contributed by atoms with E-state index in [2.05, 4.69) is 15.6 Å². The third-order valence-corrected chi connectivity index (χ3v) is 3.97. The van der Waals surface area contributed by atoms with E-state index in [1.54, 1.807) is 5.38 Å². The van der Waals surface area contributed by atoms with Crippen LogP contribution >= 0.6 is 11.3 Å². The molecular weight excluding hydrogens is 324 g/mol. The normalized spacial score (nSPS) is 13.4. The summed E-state index contributed by atoms with van der Waals surface area (Å²) in [7, 11) is 0. The van der Waals surface area contributed by atoms with Crippen LogP contribution < -0.4 is 10.6 Å². The molecule has 1 unspecified atom stereocenters. The van der Waals surface area contributed by atoms with Crippen LogP contribution in [0.1, 0.15) is 29.9 Å². The van der Waals surface area contributed by atoms with Crippen LogP contribution in [0.15, 0.2) is 23.6 Å². The number of rotatable bonds is 6. The van der Waals surface area contributed by atoms with E-state index in [-0.39, 0.29) is 17.8 Å². The van der Waals surface area contributed by atoms with Gasteiger partial charge < -0.3 is 15.7 Å². The van der Waals surface area contributed by atoms with Crippen LogP contribution in [0.2, 0.25) is 0 Å². The minimum atomic E-state index is -1.67. The Balaban J connectivity index is 2.04. The smallest absolute Gasteiger partial charge is 0.270 e. The van der Waals surface area contributed by atoms with Crippen molar-refractivity contribution in [1.29, 1.82) is 0 Å².